The van der Waals surface area contributed by atoms with Crippen LogP contribution in [0.1, 0.15) is 17.4 Å². The monoisotopic (exact) mass is 309 g/mol. The minimum atomic E-state index is 0.214. The first-order valence-corrected chi connectivity index (χ1v) is 6.92. The molecular formula is C10H13BrClNOS. The zero-order valence-electron chi connectivity index (χ0n) is 8.43. The maximum Gasteiger partial charge on any atom is 0.107 e. The second-order valence-electron chi connectivity index (χ2n) is 3.67. The third-order valence-electron chi connectivity index (χ3n) is 2.63. The van der Waals surface area contributed by atoms with Gasteiger partial charge in [0.05, 0.1) is 6.10 Å². The van der Waals surface area contributed by atoms with Crippen LogP contribution in [0.3, 0.4) is 0 Å². The molecule has 1 aliphatic heterocycles. The van der Waals surface area contributed by atoms with E-state index in [0.29, 0.717) is 5.92 Å². The van der Waals surface area contributed by atoms with Crippen molar-refractivity contribution in [1.82, 2.24) is 5.32 Å². The highest BCUT2D eigenvalue weighted by Crippen LogP contribution is 2.42. The molecule has 5 heteroatoms. The van der Waals surface area contributed by atoms with Gasteiger partial charge in [-0.1, -0.05) is 11.6 Å². The Bertz CT molecular complexity index is 325. The predicted octanol–water partition coefficient (Wildman–Crippen LogP) is 3.46. The summed E-state index contributed by atoms with van der Waals surface area (Å²) < 4.78 is 7.55. The maximum absolute atomic E-state index is 6.03. The zero-order chi connectivity index (χ0) is 10.8. The van der Waals surface area contributed by atoms with Crippen molar-refractivity contribution in [3.8, 4) is 0 Å². The lowest BCUT2D eigenvalue weighted by atomic mass is 10.0. The lowest BCUT2D eigenvalue weighted by Gasteiger charge is -2.16. The highest BCUT2D eigenvalue weighted by atomic mass is 79.9. The fourth-order valence-corrected chi connectivity index (χ4v) is 3.80. The molecule has 1 aromatic heterocycles. The number of thiophene rings is 1. The van der Waals surface area contributed by atoms with E-state index in [1.165, 1.54) is 4.88 Å². The Balaban J connectivity index is 2.15. The summed E-state index contributed by atoms with van der Waals surface area (Å²) in [5.41, 5.74) is 0. The molecule has 0 saturated carbocycles. The normalized spacial score (nSPS) is 26.1. The number of hydrogen-bond acceptors (Lipinski definition) is 3. The van der Waals surface area contributed by atoms with E-state index >= 15 is 0 Å². The average molecular weight is 311 g/mol. The Morgan fingerprint density at radius 2 is 2.53 bits per heavy atom. The summed E-state index contributed by atoms with van der Waals surface area (Å²) in [6, 6.07) is 2.08. The van der Waals surface area contributed by atoms with E-state index in [4.69, 9.17) is 16.3 Å². The molecule has 1 saturated heterocycles. The Hall–Kier alpha value is 0.390. The van der Waals surface area contributed by atoms with Gasteiger partial charge in [0.25, 0.3) is 0 Å². The fraction of sp³-hybridized carbons (Fsp3) is 0.600. The fourth-order valence-electron chi connectivity index (χ4n) is 1.92. The molecule has 2 rings (SSSR count). The molecule has 84 valence electrons. The SMILES string of the molecule is CNCC1CCOC1c1cc(Br)c(Cl)s1. The summed E-state index contributed by atoms with van der Waals surface area (Å²) in [4.78, 5) is 1.23. The van der Waals surface area contributed by atoms with Gasteiger partial charge in [0.1, 0.15) is 4.34 Å². The summed E-state index contributed by atoms with van der Waals surface area (Å²) in [6.45, 7) is 1.85. The van der Waals surface area contributed by atoms with Crippen LogP contribution < -0.4 is 5.32 Å². The lowest BCUT2D eigenvalue weighted by Crippen LogP contribution is -2.20. The van der Waals surface area contributed by atoms with Gasteiger partial charge in [-0.25, -0.2) is 0 Å². The minimum absolute atomic E-state index is 0.214. The van der Waals surface area contributed by atoms with E-state index < -0.39 is 0 Å². The third-order valence-corrected chi connectivity index (χ3v) is 5.16. The van der Waals surface area contributed by atoms with E-state index in [1.807, 2.05) is 7.05 Å². The van der Waals surface area contributed by atoms with Crippen LogP contribution in [0.4, 0.5) is 0 Å². The van der Waals surface area contributed by atoms with Crippen molar-refractivity contribution >= 4 is 38.9 Å². The summed E-state index contributed by atoms with van der Waals surface area (Å²) in [6.07, 6.45) is 1.34. The van der Waals surface area contributed by atoms with Gasteiger partial charge in [0.2, 0.25) is 0 Å². The quantitative estimate of drug-likeness (QED) is 0.923. The molecule has 1 aromatic rings. The standard InChI is InChI=1S/C10H13BrClNOS/c1-13-5-6-2-3-14-9(6)8-4-7(11)10(12)15-8/h4,6,9,13H,2-3,5H2,1H3. The molecule has 2 nitrogen and oxygen atoms in total. The van der Waals surface area contributed by atoms with Crippen LogP contribution in [-0.4, -0.2) is 20.2 Å². The van der Waals surface area contributed by atoms with Crippen molar-refractivity contribution in [2.75, 3.05) is 20.2 Å². The van der Waals surface area contributed by atoms with Gasteiger partial charge in [-0.15, -0.1) is 11.3 Å². The average Bonchev–Trinajstić information content (AvgIpc) is 2.76. The van der Waals surface area contributed by atoms with Gasteiger partial charge < -0.3 is 10.1 Å². The Kier molecular flexibility index (Phi) is 4.07. The van der Waals surface area contributed by atoms with Crippen LogP contribution in [-0.2, 0) is 4.74 Å². The van der Waals surface area contributed by atoms with Crippen molar-refractivity contribution in [3.05, 3.63) is 19.8 Å². The van der Waals surface area contributed by atoms with Crippen molar-refractivity contribution in [2.24, 2.45) is 5.92 Å². The molecule has 1 aliphatic rings. The lowest BCUT2D eigenvalue weighted by molar-refractivity contribution is 0.0938. The molecule has 0 spiro atoms. The summed E-state index contributed by atoms with van der Waals surface area (Å²) >= 11 is 11.1. The van der Waals surface area contributed by atoms with Gasteiger partial charge in [0.15, 0.2) is 0 Å². The molecule has 0 amide bonds. The Morgan fingerprint density at radius 3 is 3.13 bits per heavy atom. The first-order chi connectivity index (χ1) is 7.22. The second-order valence-corrected chi connectivity index (χ2v) is 6.21. The van der Waals surface area contributed by atoms with Crippen LogP contribution in [0.5, 0.6) is 0 Å². The van der Waals surface area contributed by atoms with Crippen molar-refractivity contribution in [3.63, 3.8) is 0 Å². The molecule has 15 heavy (non-hydrogen) atoms. The topological polar surface area (TPSA) is 21.3 Å². The largest absolute Gasteiger partial charge is 0.372 e. The third kappa shape index (κ3) is 2.56. The highest BCUT2D eigenvalue weighted by Gasteiger charge is 2.30. The number of hydrogen-bond donors (Lipinski definition) is 1. The summed E-state index contributed by atoms with van der Waals surface area (Å²) in [5.74, 6) is 0.566. The molecule has 0 bridgehead atoms. The maximum atomic E-state index is 6.03. The van der Waals surface area contributed by atoms with Gasteiger partial charge in [0, 0.05) is 28.4 Å². The number of rotatable bonds is 3. The van der Waals surface area contributed by atoms with Gasteiger partial charge >= 0.3 is 0 Å². The van der Waals surface area contributed by atoms with Crippen LogP contribution in [0.15, 0.2) is 10.5 Å². The van der Waals surface area contributed by atoms with Crippen molar-refractivity contribution < 1.29 is 4.74 Å². The van der Waals surface area contributed by atoms with E-state index in [0.717, 1.165) is 28.4 Å². The molecule has 0 aliphatic carbocycles. The first-order valence-electron chi connectivity index (χ1n) is 4.93. The molecule has 2 unspecified atom stereocenters. The highest BCUT2D eigenvalue weighted by molar-refractivity contribution is 9.10. The molecule has 2 heterocycles. The Labute approximate surface area is 107 Å². The summed E-state index contributed by atoms with van der Waals surface area (Å²) in [5, 5.41) is 3.21. The number of ether oxygens (including phenoxy) is 1. The number of nitrogens with one attached hydrogen (secondary N) is 1. The minimum Gasteiger partial charge on any atom is -0.372 e. The zero-order valence-corrected chi connectivity index (χ0v) is 11.6. The van der Waals surface area contributed by atoms with Gasteiger partial charge in [-0.3, -0.25) is 0 Å². The molecular weight excluding hydrogens is 298 g/mol. The second kappa shape index (κ2) is 5.15. The molecule has 1 N–H and O–H groups in total. The van der Waals surface area contributed by atoms with Gasteiger partial charge in [-0.2, -0.15) is 0 Å². The van der Waals surface area contributed by atoms with Crippen LogP contribution in [0.25, 0.3) is 0 Å². The van der Waals surface area contributed by atoms with E-state index in [9.17, 15) is 0 Å². The van der Waals surface area contributed by atoms with Crippen LogP contribution in [0, 0.1) is 5.92 Å². The molecule has 0 aromatic carbocycles. The molecule has 0 radical (unpaired) electrons. The van der Waals surface area contributed by atoms with Crippen molar-refractivity contribution in [1.29, 1.82) is 0 Å². The first kappa shape index (κ1) is 11.9. The predicted molar refractivity (Wildman–Crippen MR) is 67.8 cm³/mol. The molecule has 2 atom stereocenters. The molecule has 1 fully saturated rings. The van der Waals surface area contributed by atoms with E-state index in [2.05, 4.69) is 27.3 Å². The van der Waals surface area contributed by atoms with Crippen LogP contribution in [0.2, 0.25) is 4.34 Å². The summed E-state index contributed by atoms with van der Waals surface area (Å²) in [7, 11) is 1.98. The van der Waals surface area contributed by atoms with Crippen LogP contribution >= 0.6 is 38.9 Å². The van der Waals surface area contributed by atoms with E-state index in [-0.39, 0.29) is 6.10 Å². The smallest absolute Gasteiger partial charge is 0.107 e. The Morgan fingerprint density at radius 1 is 1.73 bits per heavy atom. The van der Waals surface area contributed by atoms with E-state index in [1.54, 1.807) is 11.3 Å². The van der Waals surface area contributed by atoms with Crippen molar-refractivity contribution in [2.45, 2.75) is 12.5 Å². The van der Waals surface area contributed by atoms with Gasteiger partial charge in [-0.05, 0) is 35.5 Å². The number of halogens is 2.